The van der Waals surface area contributed by atoms with Crippen LogP contribution in [0.1, 0.15) is 22.7 Å². The largest absolute Gasteiger partial charge is 0.507 e. The van der Waals surface area contributed by atoms with Gasteiger partial charge in [-0.25, -0.2) is 0 Å². The van der Waals surface area contributed by atoms with Crippen molar-refractivity contribution >= 4 is 34.7 Å². The Hall–Kier alpha value is -3.58. The number of anilines is 1. The van der Waals surface area contributed by atoms with Crippen LogP contribution in [0.5, 0.6) is 0 Å². The molecule has 8 heteroatoms. The predicted octanol–water partition coefficient (Wildman–Crippen LogP) is 5.99. The van der Waals surface area contributed by atoms with E-state index < -0.39 is 35.2 Å². The van der Waals surface area contributed by atoms with Gasteiger partial charge in [-0.3, -0.25) is 14.5 Å². The molecule has 4 nitrogen and oxygen atoms in total. The third-order valence-electron chi connectivity index (χ3n) is 5.13. The zero-order chi connectivity index (χ0) is 23.0. The molecule has 1 atom stereocenters. The molecular formula is C24H15ClF3NO3. The summed E-state index contributed by atoms with van der Waals surface area (Å²) < 4.78 is 39.8. The topological polar surface area (TPSA) is 57.6 Å². The highest BCUT2D eigenvalue weighted by molar-refractivity contribution is 6.51. The third kappa shape index (κ3) is 3.87. The summed E-state index contributed by atoms with van der Waals surface area (Å²) in [6.45, 7) is 0. The molecule has 3 aromatic rings. The summed E-state index contributed by atoms with van der Waals surface area (Å²) in [6.07, 6.45) is -4.63. The minimum atomic E-state index is -4.63. The van der Waals surface area contributed by atoms with Crippen molar-refractivity contribution in [3.8, 4) is 0 Å². The quantitative estimate of drug-likeness (QED) is 0.299. The fourth-order valence-corrected chi connectivity index (χ4v) is 3.77. The molecule has 1 N–H and O–H groups in total. The van der Waals surface area contributed by atoms with E-state index in [1.54, 1.807) is 30.3 Å². The van der Waals surface area contributed by atoms with Crippen molar-refractivity contribution in [2.75, 3.05) is 4.90 Å². The molecule has 1 amide bonds. The molecule has 162 valence electrons. The number of ketones is 1. The molecule has 0 unspecified atom stereocenters. The lowest BCUT2D eigenvalue weighted by Crippen LogP contribution is -2.29. The van der Waals surface area contributed by atoms with E-state index in [0.717, 1.165) is 17.0 Å². The third-order valence-corrected chi connectivity index (χ3v) is 5.38. The Bertz CT molecular complexity index is 1220. The number of alkyl halides is 3. The van der Waals surface area contributed by atoms with Crippen LogP contribution < -0.4 is 4.90 Å². The van der Waals surface area contributed by atoms with Gasteiger partial charge >= 0.3 is 6.18 Å². The summed E-state index contributed by atoms with van der Waals surface area (Å²) in [5.41, 5.74) is -0.578. The number of benzene rings is 3. The lowest BCUT2D eigenvalue weighted by atomic mass is 9.95. The minimum Gasteiger partial charge on any atom is -0.507 e. The summed E-state index contributed by atoms with van der Waals surface area (Å²) in [5, 5.41) is 11.3. The number of rotatable bonds is 3. The Morgan fingerprint density at radius 1 is 0.906 bits per heavy atom. The van der Waals surface area contributed by atoms with Crippen molar-refractivity contribution in [1.29, 1.82) is 0 Å². The van der Waals surface area contributed by atoms with Crippen molar-refractivity contribution in [2.45, 2.75) is 12.2 Å². The maximum absolute atomic E-state index is 13.3. The molecule has 32 heavy (non-hydrogen) atoms. The summed E-state index contributed by atoms with van der Waals surface area (Å²) in [5.74, 6) is -2.47. The van der Waals surface area contributed by atoms with Gasteiger partial charge in [0.15, 0.2) is 0 Å². The van der Waals surface area contributed by atoms with E-state index >= 15 is 0 Å². The van der Waals surface area contributed by atoms with Gasteiger partial charge in [0, 0.05) is 16.3 Å². The van der Waals surface area contributed by atoms with Gasteiger partial charge in [-0.1, -0.05) is 48.0 Å². The van der Waals surface area contributed by atoms with Crippen LogP contribution in [0, 0.1) is 0 Å². The monoisotopic (exact) mass is 457 g/mol. The van der Waals surface area contributed by atoms with Crippen molar-refractivity contribution < 1.29 is 27.9 Å². The lowest BCUT2D eigenvalue weighted by Gasteiger charge is -2.26. The smallest absolute Gasteiger partial charge is 0.416 e. The van der Waals surface area contributed by atoms with Gasteiger partial charge in [-0.15, -0.1) is 0 Å². The first-order valence-corrected chi connectivity index (χ1v) is 9.85. The van der Waals surface area contributed by atoms with Crippen LogP contribution in [0.15, 0.2) is 84.4 Å². The van der Waals surface area contributed by atoms with Crippen LogP contribution in [-0.4, -0.2) is 16.8 Å². The first-order chi connectivity index (χ1) is 15.2. The van der Waals surface area contributed by atoms with Gasteiger partial charge in [0.25, 0.3) is 11.7 Å². The molecule has 0 spiro atoms. The maximum Gasteiger partial charge on any atom is 0.416 e. The normalized spacial score (nSPS) is 18.2. The number of Topliss-reactive ketones (excluding diaryl/α,β-unsaturated/α-hetero) is 1. The van der Waals surface area contributed by atoms with Gasteiger partial charge < -0.3 is 5.11 Å². The van der Waals surface area contributed by atoms with Crippen molar-refractivity contribution in [3.63, 3.8) is 0 Å². The number of hydrogen-bond acceptors (Lipinski definition) is 3. The molecule has 0 radical (unpaired) electrons. The second-order valence-electron chi connectivity index (χ2n) is 7.13. The van der Waals surface area contributed by atoms with Crippen molar-refractivity contribution in [3.05, 3.63) is 106 Å². The zero-order valence-electron chi connectivity index (χ0n) is 16.3. The summed E-state index contributed by atoms with van der Waals surface area (Å²) in [7, 11) is 0. The van der Waals surface area contributed by atoms with Gasteiger partial charge in [-0.05, 0) is 48.0 Å². The average Bonchev–Trinajstić information content (AvgIpc) is 3.04. The van der Waals surface area contributed by atoms with Crippen LogP contribution in [0.25, 0.3) is 5.76 Å². The van der Waals surface area contributed by atoms with Crippen molar-refractivity contribution in [2.24, 2.45) is 0 Å². The number of halogens is 4. The molecule has 1 fully saturated rings. The Balaban J connectivity index is 1.93. The van der Waals surface area contributed by atoms with Gasteiger partial charge in [0.2, 0.25) is 0 Å². The SMILES string of the molecule is O=C1C(=O)N(c2cccc(C(F)(F)F)c2)[C@@H](c2ccccc2)C1=C(O)c1ccc(Cl)cc1. The molecule has 1 aliphatic heterocycles. The van der Waals surface area contributed by atoms with Crippen LogP contribution in [0.3, 0.4) is 0 Å². The number of hydrogen-bond donors (Lipinski definition) is 1. The molecule has 1 saturated heterocycles. The van der Waals surface area contributed by atoms with E-state index in [4.69, 9.17) is 11.6 Å². The van der Waals surface area contributed by atoms with Crippen LogP contribution in [0.4, 0.5) is 18.9 Å². The van der Waals surface area contributed by atoms with Crippen LogP contribution in [0.2, 0.25) is 5.02 Å². The Morgan fingerprint density at radius 2 is 1.56 bits per heavy atom. The maximum atomic E-state index is 13.3. The van der Waals surface area contributed by atoms with E-state index in [1.807, 2.05) is 0 Å². The molecule has 1 heterocycles. The molecule has 0 saturated carbocycles. The first kappa shape index (κ1) is 21.6. The molecule has 0 aromatic heterocycles. The van der Waals surface area contributed by atoms with Crippen LogP contribution >= 0.6 is 11.6 Å². The zero-order valence-corrected chi connectivity index (χ0v) is 17.1. The molecule has 3 aromatic carbocycles. The second kappa shape index (κ2) is 8.16. The molecule has 0 bridgehead atoms. The highest BCUT2D eigenvalue weighted by atomic mass is 35.5. The summed E-state index contributed by atoms with van der Waals surface area (Å²) in [6, 6.07) is 17.4. The number of amides is 1. The lowest BCUT2D eigenvalue weighted by molar-refractivity contribution is -0.137. The number of aliphatic hydroxyl groups excluding tert-OH is 1. The summed E-state index contributed by atoms with van der Waals surface area (Å²) in [4.78, 5) is 26.9. The highest BCUT2D eigenvalue weighted by Gasteiger charge is 2.47. The highest BCUT2D eigenvalue weighted by Crippen LogP contribution is 2.43. The minimum absolute atomic E-state index is 0.106. The Morgan fingerprint density at radius 3 is 2.19 bits per heavy atom. The van der Waals surface area contributed by atoms with E-state index in [-0.39, 0.29) is 16.8 Å². The predicted molar refractivity (Wildman–Crippen MR) is 114 cm³/mol. The second-order valence-corrected chi connectivity index (χ2v) is 7.57. The molecular weight excluding hydrogens is 443 g/mol. The number of carbonyl (C=O) groups is 2. The van der Waals surface area contributed by atoms with E-state index in [2.05, 4.69) is 0 Å². The fraction of sp³-hybridized carbons (Fsp3) is 0.0833. The van der Waals surface area contributed by atoms with E-state index in [1.165, 1.54) is 36.4 Å². The van der Waals surface area contributed by atoms with E-state index in [0.29, 0.717) is 10.6 Å². The van der Waals surface area contributed by atoms with Crippen LogP contribution in [-0.2, 0) is 15.8 Å². The number of aliphatic hydroxyl groups is 1. The fourth-order valence-electron chi connectivity index (χ4n) is 3.64. The van der Waals surface area contributed by atoms with Gasteiger partial charge in [0.05, 0.1) is 17.2 Å². The van der Waals surface area contributed by atoms with E-state index in [9.17, 15) is 27.9 Å². The average molecular weight is 458 g/mol. The summed E-state index contributed by atoms with van der Waals surface area (Å²) >= 11 is 5.89. The first-order valence-electron chi connectivity index (χ1n) is 9.47. The Kier molecular flexibility index (Phi) is 5.52. The van der Waals surface area contributed by atoms with Crippen molar-refractivity contribution in [1.82, 2.24) is 0 Å². The molecule has 1 aliphatic rings. The molecule has 4 rings (SSSR count). The van der Waals surface area contributed by atoms with Gasteiger partial charge in [0.1, 0.15) is 5.76 Å². The van der Waals surface area contributed by atoms with Gasteiger partial charge in [-0.2, -0.15) is 13.2 Å². The molecule has 0 aliphatic carbocycles. The Labute approximate surface area is 186 Å². The number of nitrogens with zero attached hydrogens (tertiary/aromatic N) is 1. The standard InChI is InChI=1S/C24H15ClF3NO3/c25-17-11-9-15(10-12-17)21(30)19-20(14-5-2-1-3-6-14)29(23(32)22(19)31)18-8-4-7-16(13-18)24(26,27)28/h1-13,20,30H/t20-/m0/s1. The number of carbonyl (C=O) groups excluding carboxylic acids is 2.